The van der Waals surface area contributed by atoms with Crippen LogP contribution in [0.2, 0.25) is 0 Å². The maximum Gasteiger partial charge on any atom is 0.222 e. The summed E-state index contributed by atoms with van der Waals surface area (Å²) in [6.07, 6.45) is 0.792. The lowest BCUT2D eigenvalue weighted by Gasteiger charge is -2.29. The molecule has 0 bridgehead atoms. The third-order valence-electron chi connectivity index (χ3n) is 4.78. The number of hydrogen-bond donors (Lipinski definition) is 0. The van der Waals surface area contributed by atoms with E-state index >= 15 is 0 Å². The number of aryl methyl sites for hydroxylation is 1. The van der Waals surface area contributed by atoms with Crippen molar-refractivity contribution in [2.75, 3.05) is 20.2 Å². The molecule has 1 aliphatic rings. The third-order valence-corrected chi connectivity index (χ3v) is 4.78. The number of fused-ring (bicyclic) bond motifs is 1. The lowest BCUT2D eigenvalue weighted by atomic mass is 10.2. The molecule has 5 heteroatoms. The molecule has 1 unspecified atom stereocenters. The Labute approximate surface area is 164 Å². The summed E-state index contributed by atoms with van der Waals surface area (Å²) in [4.78, 5) is 14.2. The van der Waals surface area contributed by atoms with E-state index in [1.165, 1.54) is 0 Å². The number of amides is 1. The summed E-state index contributed by atoms with van der Waals surface area (Å²) in [6, 6.07) is 21.4. The van der Waals surface area contributed by atoms with Crippen molar-refractivity contribution in [3.8, 4) is 22.8 Å². The van der Waals surface area contributed by atoms with Gasteiger partial charge in [0.15, 0.2) is 17.6 Å². The number of rotatable bonds is 6. The van der Waals surface area contributed by atoms with Crippen LogP contribution >= 0.6 is 0 Å². The molecule has 0 radical (unpaired) electrons. The van der Waals surface area contributed by atoms with E-state index in [0.717, 1.165) is 28.6 Å². The minimum atomic E-state index is -0.169. The maximum atomic E-state index is 12.5. The lowest BCUT2D eigenvalue weighted by Crippen LogP contribution is -2.41. The number of hydrogen-bond acceptors (Lipinski definition) is 4. The second kappa shape index (κ2) is 8.21. The highest BCUT2D eigenvalue weighted by molar-refractivity contribution is 5.76. The summed E-state index contributed by atoms with van der Waals surface area (Å²) >= 11 is 0. The van der Waals surface area contributed by atoms with Crippen molar-refractivity contribution in [3.05, 3.63) is 72.5 Å². The molecule has 0 N–H and O–H groups in total. The van der Waals surface area contributed by atoms with Gasteiger partial charge in [-0.15, -0.1) is 0 Å². The Hall–Kier alpha value is -3.21. The molecule has 1 aromatic heterocycles. The first-order valence-corrected chi connectivity index (χ1v) is 9.45. The van der Waals surface area contributed by atoms with Crippen molar-refractivity contribution >= 4 is 5.91 Å². The first-order valence-electron chi connectivity index (χ1n) is 9.45. The summed E-state index contributed by atoms with van der Waals surface area (Å²) in [7, 11) is 1.80. The van der Waals surface area contributed by atoms with Crippen LogP contribution in [0.1, 0.15) is 12.2 Å². The fourth-order valence-electron chi connectivity index (χ4n) is 3.25. The average molecular weight is 377 g/mol. The Morgan fingerprint density at radius 3 is 2.57 bits per heavy atom. The normalized spacial score (nSPS) is 15.2. The molecule has 0 saturated heterocycles. The average Bonchev–Trinajstić information content (AvgIpc) is 3.21. The first kappa shape index (κ1) is 18.2. The molecule has 28 heavy (non-hydrogen) atoms. The lowest BCUT2D eigenvalue weighted by molar-refractivity contribution is -0.131. The quantitative estimate of drug-likeness (QED) is 0.647. The fourth-order valence-corrected chi connectivity index (χ4v) is 3.25. The van der Waals surface area contributed by atoms with Crippen LogP contribution in [-0.4, -0.2) is 37.1 Å². The van der Waals surface area contributed by atoms with Gasteiger partial charge < -0.3 is 18.8 Å². The highest BCUT2D eigenvalue weighted by atomic mass is 16.6. The minimum Gasteiger partial charge on any atom is -0.486 e. The van der Waals surface area contributed by atoms with E-state index in [9.17, 15) is 4.79 Å². The number of benzene rings is 2. The first-order chi connectivity index (χ1) is 13.7. The molecule has 4 rings (SSSR count). The Morgan fingerprint density at radius 2 is 1.75 bits per heavy atom. The van der Waals surface area contributed by atoms with Crippen LogP contribution in [0.15, 0.2) is 71.1 Å². The number of carbonyl (C=O) groups excluding carboxylic acids is 1. The van der Waals surface area contributed by atoms with Crippen LogP contribution in [0.4, 0.5) is 0 Å². The van der Waals surface area contributed by atoms with E-state index in [4.69, 9.17) is 13.9 Å². The molecule has 5 nitrogen and oxygen atoms in total. The van der Waals surface area contributed by atoms with Crippen LogP contribution in [-0.2, 0) is 11.2 Å². The van der Waals surface area contributed by atoms with Gasteiger partial charge in [0.05, 0.1) is 6.54 Å². The van der Waals surface area contributed by atoms with Crippen molar-refractivity contribution in [2.45, 2.75) is 18.9 Å². The molecular weight excluding hydrogens is 354 g/mol. The summed E-state index contributed by atoms with van der Waals surface area (Å²) < 4.78 is 17.5. The molecule has 0 aliphatic carbocycles. The highest BCUT2D eigenvalue weighted by Crippen LogP contribution is 2.31. The van der Waals surface area contributed by atoms with Gasteiger partial charge in [-0.2, -0.15) is 0 Å². The summed E-state index contributed by atoms with van der Waals surface area (Å²) in [6.45, 7) is 0.924. The molecular formula is C23H23NO4. The predicted octanol–water partition coefficient (Wildman–Crippen LogP) is 4.18. The number of ether oxygens (including phenoxy) is 2. The van der Waals surface area contributed by atoms with Gasteiger partial charge in [0.2, 0.25) is 5.91 Å². The van der Waals surface area contributed by atoms with Gasteiger partial charge in [0.25, 0.3) is 0 Å². The van der Waals surface area contributed by atoms with E-state index in [2.05, 4.69) is 0 Å². The number of carbonyl (C=O) groups is 1. The monoisotopic (exact) mass is 377 g/mol. The zero-order valence-corrected chi connectivity index (χ0v) is 15.8. The van der Waals surface area contributed by atoms with Crippen molar-refractivity contribution in [2.24, 2.45) is 0 Å². The molecule has 0 fully saturated rings. The molecule has 1 atom stereocenters. The Kier molecular flexibility index (Phi) is 5.33. The van der Waals surface area contributed by atoms with E-state index in [1.54, 1.807) is 11.9 Å². The Morgan fingerprint density at radius 1 is 1.00 bits per heavy atom. The third kappa shape index (κ3) is 4.19. The van der Waals surface area contributed by atoms with Gasteiger partial charge in [-0.1, -0.05) is 42.5 Å². The largest absolute Gasteiger partial charge is 0.486 e. The van der Waals surface area contributed by atoms with Crippen molar-refractivity contribution in [3.63, 3.8) is 0 Å². The van der Waals surface area contributed by atoms with Crippen molar-refractivity contribution in [1.82, 2.24) is 4.90 Å². The Bertz CT molecular complexity index is 935. The molecule has 0 saturated carbocycles. The van der Waals surface area contributed by atoms with E-state index in [0.29, 0.717) is 26.0 Å². The molecule has 2 aromatic carbocycles. The van der Waals surface area contributed by atoms with Crippen LogP contribution in [0.3, 0.4) is 0 Å². The summed E-state index contributed by atoms with van der Waals surface area (Å²) in [5, 5.41) is 0. The molecule has 144 valence electrons. The van der Waals surface area contributed by atoms with Crippen LogP contribution < -0.4 is 9.47 Å². The number of para-hydroxylation sites is 2. The Balaban J connectivity index is 1.28. The van der Waals surface area contributed by atoms with Gasteiger partial charge in [0, 0.05) is 25.5 Å². The summed E-state index contributed by atoms with van der Waals surface area (Å²) in [5.74, 6) is 3.16. The molecule has 2 heterocycles. The zero-order chi connectivity index (χ0) is 19.3. The zero-order valence-electron chi connectivity index (χ0n) is 15.8. The van der Waals surface area contributed by atoms with E-state index < -0.39 is 0 Å². The van der Waals surface area contributed by atoms with Gasteiger partial charge >= 0.3 is 0 Å². The fraction of sp³-hybridized carbons (Fsp3) is 0.261. The van der Waals surface area contributed by atoms with Crippen molar-refractivity contribution < 1.29 is 18.7 Å². The van der Waals surface area contributed by atoms with Gasteiger partial charge in [-0.3, -0.25) is 4.79 Å². The highest BCUT2D eigenvalue weighted by Gasteiger charge is 2.23. The van der Waals surface area contributed by atoms with E-state index in [-0.39, 0.29) is 12.0 Å². The molecule has 0 spiro atoms. The van der Waals surface area contributed by atoms with Gasteiger partial charge in [-0.25, -0.2) is 0 Å². The standard InChI is InChI=1S/C23H23NO4/c1-24(15-19-16-26-21-9-5-6-10-22(21)28-19)23(25)14-12-18-11-13-20(27-18)17-7-3-2-4-8-17/h2-11,13,19H,12,14-16H2,1H3. The minimum absolute atomic E-state index is 0.0557. The molecule has 3 aromatic rings. The number of furan rings is 1. The van der Waals surface area contributed by atoms with Crippen LogP contribution in [0, 0.1) is 0 Å². The second-order valence-electron chi connectivity index (χ2n) is 6.90. The van der Waals surface area contributed by atoms with E-state index in [1.807, 2.05) is 66.7 Å². The van der Waals surface area contributed by atoms with Gasteiger partial charge in [-0.05, 0) is 24.3 Å². The number of nitrogens with zero attached hydrogens (tertiary/aromatic N) is 1. The maximum absolute atomic E-state index is 12.5. The summed E-state index contributed by atoms with van der Waals surface area (Å²) in [5.41, 5.74) is 1.03. The number of likely N-dealkylation sites (N-methyl/N-ethyl adjacent to an activating group) is 1. The van der Waals surface area contributed by atoms with Crippen LogP contribution in [0.5, 0.6) is 11.5 Å². The van der Waals surface area contributed by atoms with Crippen LogP contribution in [0.25, 0.3) is 11.3 Å². The second-order valence-corrected chi connectivity index (χ2v) is 6.90. The molecule has 1 amide bonds. The smallest absolute Gasteiger partial charge is 0.222 e. The predicted molar refractivity (Wildman–Crippen MR) is 106 cm³/mol. The van der Waals surface area contributed by atoms with Gasteiger partial charge in [0.1, 0.15) is 18.1 Å². The SMILES string of the molecule is CN(CC1COc2ccccc2O1)C(=O)CCc1ccc(-c2ccccc2)o1. The van der Waals surface area contributed by atoms with Crippen molar-refractivity contribution in [1.29, 1.82) is 0 Å². The topological polar surface area (TPSA) is 51.9 Å². The molecule has 1 aliphatic heterocycles.